The highest BCUT2D eigenvalue weighted by molar-refractivity contribution is 6.23. The molecule has 2 unspecified atom stereocenters. The minimum absolute atomic E-state index is 0.105. The topological polar surface area (TPSA) is 57.6 Å². The molecule has 7 heteroatoms. The number of carbonyl (C=O) groups excluding carboxylic acids is 2. The lowest BCUT2D eigenvalue weighted by atomic mass is 9.47. The Morgan fingerprint density at radius 2 is 1.36 bits per heavy atom. The number of benzene rings is 3. The van der Waals surface area contributed by atoms with E-state index in [0.717, 1.165) is 51.4 Å². The molecule has 166 valence electrons. The largest absolute Gasteiger partial charge is 0.416 e. The van der Waals surface area contributed by atoms with E-state index in [0.29, 0.717) is 0 Å². The van der Waals surface area contributed by atoms with Gasteiger partial charge in [-0.2, -0.15) is 13.2 Å². The first-order valence-corrected chi connectivity index (χ1v) is 10.7. The molecule has 7 rings (SSSR count). The number of aliphatic hydroxyl groups excluding tert-OH is 1. The van der Waals surface area contributed by atoms with Gasteiger partial charge in [0.25, 0.3) is 0 Å². The van der Waals surface area contributed by atoms with Gasteiger partial charge in [0.2, 0.25) is 11.8 Å². The molecule has 3 aliphatic carbocycles. The molecule has 2 amide bonds. The second kappa shape index (κ2) is 6.54. The number of alkyl halides is 3. The SMILES string of the molecule is O=C1C2C3c4ccccc4C(CO)(c4ccccc43)C2C(=O)N1c1ccc(C(F)(F)F)cc1. The Morgan fingerprint density at radius 1 is 0.818 bits per heavy atom. The molecule has 0 aromatic heterocycles. The first-order chi connectivity index (χ1) is 15.8. The van der Waals surface area contributed by atoms with Crippen molar-refractivity contribution in [1.82, 2.24) is 0 Å². The third-order valence-electron chi connectivity index (χ3n) is 7.50. The van der Waals surface area contributed by atoms with Gasteiger partial charge in [-0.15, -0.1) is 0 Å². The quantitative estimate of drug-likeness (QED) is 0.596. The van der Waals surface area contributed by atoms with E-state index in [1.807, 2.05) is 48.5 Å². The smallest absolute Gasteiger partial charge is 0.395 e. The summed E-state index contributed by atoms with van der Waals surface area (Å²) in [7, 11) is 0. The summed E-state index contributed by atoms with van der Waals surface area (Å²) in [5.74, 6) is -2.89. The summed E-state index contributed by atoms with van der Waals surface area (Å²) in [4.78, 5) is 28.5. The second-order valence-electron chi connectivity index (χ2n) is 8.84. The summed E-state index contributed by atoms with van der Waals surface area (Å²) in [6.07, 6.45) is -4.52. The maximum Gasteiger partial charge on any atom is 0.416 e. The van der Waals surface area contributed by atoms with Crippen molar-refractivity contribution in [3.8, 4) is 0 Å². The van der Waals surface area contributed by atoms with Gasteiger partial charge in [0.05, 0.1) is 35.1 Å². The van der Waals surface area contributed by atoms with Crippen LogP contribution in [-0.2, 0) is 21.2 Å². The Balaban J connectivity index is 1.55. The zero-order valence-electron chi connectivity index (χ0n) is 17.2. The standard InChI is InChI=1S/C26H18F3NO3/c27-26(28,29)14-9-11-15(12-10-14)30-23(32)21-20-16-5-1-3-7-18(16)25(13-31,22(21)24(30)33)19-8-4-2-6-17(19)20/h1-12,20-22,31H,13H2. The molecular weight excluding hydrogens is 431 g/mol. The summed E-state index contributed by atoms with van der Waals surface area (Å²) in [5, 5.41) is 10.8. The van der Waals surface area contributed by atoms with Gasteiger partial charge in [0, 0.05) is 5.92 Å². The lowest BCUT2D eigenvalue weighted by Crippen LogP contribution is -2.55. The molecule has 1 fully saturated rings. The number of carbonyl (C=O) groups is 2. The van der Waals surface area contributed by atoms with Gasteiger partial charge in [-0.1, -0.05) is 48.5 Å². The molecule has 0 radical (unpaired) electrons. The number of nitrogens with zero attached hydrogens (tertiary/aromatic N) is 1. The third-order valence-corrected chi connectivity index (χ3v) is 7.50. The molecule has 1 heterocycles. The summed E-state index contributed by atoms with van der Waals surface area (Å²) in [6, 6.07) is 19.1. The van der Waals surface area contributed by atoms with Crippen LogP contribution in [0.4, 0.5) is 18.9 Å². The van der Waals surface area contributed by atoms with Crippen molar-refractivity contribution < 1.29 is 27.9 Å². The molecule has 33 heavy (non-hydrogen) atoms. The number of amides is 2. The van der Waals surface area contributed by atoms with Crippen molar-refractivity contribution in [2.45, 2.75) is 17.5 Å². The number of halogens is 3. The average molecular weight is 449 g/mol. The van der Waals surface area contributed by atoms with E-state index in [4.69, 9.17) is 0 Å². The number of aliphatic hydroxyl groups is 1. The molecule has 2 bridgehead atoms. The molecule has 0 saturated carbocycles. The van der Waals surface area contributed by atoms with E-state index in [1.54, 1.807) is 0 Å². The van der Waals surface area contributed by atoms with Gasteiger partial charge in [-0.3, -0.25) is 9.59 Å². The van der Waals surface area contributed by atoms with E-state index in [9.17, 15) is 27.9 Å². The van der Waals surface area contributed by atoms with Gasteiger partial charge >= 0.3 is 6.18 Å². The summed E-state index contributed by atoms with van der Waals surface area (Å²) in [6.45, 7) is -0.366. The van der Waals surface area contributed by atoms with Crippen molar-refractivity contribution in [1.29, 1.82) is 0 Å². The first kappa shape index (κ1) is 20.2. The number of anilines is 1. The molecule has 3 aromatic rings. The van der Waals surface area contributed by atoms with Crippen LogP contribution < -0.4 is 4.90 Å². The van der Waals surface area contributed by atoms with Gasteiger partial charge in [-0.25, -0.2) is 4.90 Å². The normalized spacial score (nSPS) is 27.4. The van der Waals surface area contributed by atoms with Crippen LogP contribution in [0.1, 0.15) is 33.7 Å². The van der Waals surface area contributed by atoms with Gasteiger partial charge in [0.1, 0.15) is 0 Å². The van der Waals surface area contributed by atoms with Crippen LogP contribution in [0.15, 0.2) is 72.8 Å². The Labute approximate surface area is 187 Å². The zero-order valence-corrected chi connectivity index (χ0v) is 17.2. The molecule has 1 N–H and O–H groups in total. The van der Waals surface area contributed by atoms with E-state index in [-0.39, 0.29) is 18.2 Å². The summed E-state index contributed by atoms with van der Waals surface area (Å²) < 4.78 is 39.1. The minimum Gasteiger partial charge on any atom is -0.395 e. The second-order valence-corrected chi connectivity index (χ2v) is 8.84. The van der Waals surface area contributed by atoms with Crippen LogP contribution in [0.3, 0.4) is 0 Å². The highest BCUT2D eigenvalue weighted by Gasteiger charge is 2.68. The zero-order chi connectivity index (χ0) is 23.1. The van der Waals surface area contributed by atoms with Crippen LogP contribution in [0, 0.1) is 11.8 Å². The highest BCUT2D eigenvalue weighted by atomic mass is 19.4. The van der Waals surface area contributed by atoms with Crippen molar-refractivity contribution in [2.75, 3.05) is 11.5 Å². The molecular formula is C26H18F3NO3. The van der Waals surface area contributed by atoms with E-state index < -0.39 is 40.8 Å². The molecule has 4 nitrogen and oxygen atoms in total. The summed E-state index contributed by atoms with van der Waals surface area (Å²) >= 11 is 0. The van der Waals surface area contributed by atoms with Crippen LogP contribution in [0.2, 0.25) is 0 Å². The number of rotatable bonds is 2. The van der Waals surface area contributed by atoms with Gasteiger partial charge in [0.15, 0.2) is 0 Å². The third kappa shape index (κ3) is 2.40. The predicted molar refractivity (Wildman–Crippen MR) is 114 cm³/mol. The van der Waals surface area contributed by atoms with Gasteiger partial charge < -0.3 is 5.11 Å². The monoisotopic (exact) mass is 449 g/mol. The van der Waals surface area contributed by atoms with Crippen LogP contribution >= 0.6 is 0 Å². The first-order valence-electron chi connectivity index (χ1n) is 10.7. The fraction of sp³-hybridized carbons (Fsp3) is 0.231. The van der Waals surface area contributed by atoms with Crippen LogP contribution in [-0.4, -0.2) is 23.5 Å². The van der Waals surface area contributed by atoms with E-state index >= 15 is 0 Å². The molecule has 3 aromatic carbocycles. The number of hydrogen-bond acceptors (Lipinski definition) is 3. The van der Waals surface area contributed by atoms with Crippen molar-refractivity contribution in [3.05, 3.63) is 101 Å². The maximum absolute atomic E-state index is 13.8. The van der Waals surface area contributed by atoms with Gasteiger partial charge in [-0.05, 0) is 46.5 Å². The Morgan fingerprint density at radius 3 is 1.88 bits per heavy atom. The molecule has 0 spiro atoms. The van der Waals surface area contributed by atoms with Crippen molar-refractivity contribution in [3.63, 3.8) is 0 Å². The minimum atomic E-state index is -4.52. The predicted octanol–water partition coefficient (Wildman–Crippen LogP) is 4.25. The van der Waals surface area contributed by atoms with Crippen molar-refractivity contribution in [2.24, 2.45) is 11.8 Å². The molecule has 1 saturated heterocycles. The molecule has 1 aliphatic heterocycles. The average Bonchev–Trinajstić information content (AvgIpc) is 3.09. The molecule has 4 aliphatic rings. The number of hydrogen-bond donors (Lipinski definition) is 1. The lowest BCUT2D eigenvalue weighted by Gasteiger charge is -2.53. The van der Waals surface area contributed by atoms with Crippen molar-refractivity contribution >= 4 is 17.5 Å². The fourth-order valence-electron chi connectivity index (χ4n) is 6.25. The number of imide groups is 1. The molecule has 2 atom stereocenters. The highest BCUT2D eigenvalue weighted by Crippen LogP contribution is 2.64. The Bertz CT molecular complexity index is 1270. The lowest BCUT2D eigenvalue weighted by molar-refractivity contribution is -0.137. The van der Waals surface area contributed by atoms with E-state index in [1.165, 1.54) is 0 Å². The van der Waals surface area contributed by atoms with Crippen LogP contribution in [0.25, 0.3) is 0 Å². The fourth-order valence-corrected chi connectivity index (χ4v) is 6.25. The van der Waals surface area contributed by atoms with Crippen LogP contribution in [0.5, 0.6) is 0 Å². The Hall–Kier alpha value is -3.45. The maximum atomic E-state index is 13.8. The van der Waals surface area contributed by atoms with E-state index in [2.05, 4.69) is 0 Å². The summed E-state index contributed by atoms with van der Waals surface area (Å²) in [5.41, 5.74) is 1.62. The Kier molecular flexibility index (Phi) is 4.00.